The molecule has 0 saturated carbocycles. The SMILES string of the molecule is CC(=O)N1CCc2sc(-c3csc(-c4cocn4)n3)cc2C1. The van der Waals surface area contributed by atoms with E-state index < -0.39 is 0 Å². The highest BCUT2D eigenvalue weighted by Crippen LogP contribution is 2.36. The highest BCUT2D eigenvalue weighted by atomic mass is 32.1. The van der Waals surface area contributed by atoms with Gasteiger partial charge in [-0.25, -0.2) is 9.97 Å². The first-order valence-electron chi connectivity index (χ1n) is 6.92. The van der Waals surface area contributed by atoms with Crippen molar-refractivity contribution in [1.82, 2.24) is 14.9 Å². The summed E-state index contributed by atoms with van der Waals surface area (Å²) in [6.45, 7) is 3.15. The number of carbonyl (C=O) groups is 1. The Hall–Kier alpha value is -1.99. The third-order valence-electron chi connectivity index (χ3n) is 3.72. The van der Waals surface area contributed by atoms with E-state index in [0.29, 0.717) is 6.54 Å². The average Bonchev–Trinajstić information content (AvgIpc) is 3.24. The maximum Gasteiger partial charge on any atom is 0.219 e. The fourth-order valence-electron chi connectivity index (χ4n) is 2.55. The average molecular weight is 331 g/mol. The molecule has 7 heteroatoms. The number of aromatic nitrogens is 2. The lowest BCUT2D eigenvalue weighted by atomic mass is 10.1. The van der Waals surface area contributed by atoms with Crippen molar-refractivity contribution >= 4 is 28.6 Å². The third kappa shape index (κ3) is 2.36. The number of thiazole rings is 1. The van der Waals surface area contributed by atoms with Crippen LogP contribution in [0.15, 0.2) is 28.5 Å². The Morgan fingerprint density at radius 1 is 1.41 bits per heavy atom. The van der Waals surface area contributed by atoms with Crippen LogP contribution in [0.4, 0.5) is 0 Å². The molecule has 3 aromatic heterocycles. The molecule has 3 aromatic rings. The Bertz CT molecular complexity index is 820. The normalized spacial score (nSPS) is 14.1. The summed E-state index contributed by atoms with van der Waals surface area (Å²) in [5.41, 5.74) is 2.98. The van der Waals surface area contributed by atoms with Crippen LogP contribution < -0.4 is 0 Å². The van der Waals surface area contributed by atoms with Crippen molar-refractivity contribution < 1.29 is 9.21 Å². The Kier molecular flexibility index (Phi) is 3.31. The number of amides is 1. The second-order valence-corrected chi connectivity index (χ2v) is 7.16. The van der Waals surface area contributed by atoms with Crippen molar-refractivity contribution in [3.8, 4) is 21.3 Å². The summed E-state index contributed by atoms with van der Waals surface area (Å²) in [6.07, 6.45) is 3.95. The number of hydrogen-bond acceptors (Lipinski definition) is 6. The minimum absolute atomic E-state index is 0.139. The maximum atomic E-state index is 11.5. The van der Waals surface area contributed by atoms with Crippen molar-refractivity contribution in [3.05, 3.63) is 34.5 Å². The first-order valence-corrected chi connectivity index (χ1v) is 8.62. The molecule has 0 saturated heterocycles. The molecule has 22 heavy (non-hydrogen) atoms. The number of oxazole rings is 1. The molecule has 0 fully saturated rings. The van der Waals surface area contributed by atoms with E-state index >= 15 is 0 Å². The summed E-state index contributed by atoms with van der Waals surface area (Å²) in [5.74, 6) is 0.139. The smallest absolute Gasteiger partial charge is 0.219 e. The van der Waals surface area contributed by atoms with Crippen LogP contribution in [0.5, 0.6) is 0 Å². The number of fused-ring (bicyclic) bond motifs is 1. The van der Waals surface area contributed by atoms with E-state index in [-0.39, 0.29) is 5.91 Å². The van der Waals surface area contributed by atoms with E-state index in [4.69, 9.17) is 4.42 Å². The van der Waals surface area contributed by atoms with Crippen LogP contribution in [0.1, 0.15) is 17.4 Å². The molecule has 0 radical (unpaired) electrons. The Balaban J connectivity index is 1.63. The van der Waals surface area contributed by atoms with Gasteiger partial charge in [0.2, 0.25) is 5.91 Å². The number of carbonyl (C=O) groups excluding carboxylic acids is 1. The van der Waals surface area contributed by atoms with Gasteiger partial charge in [0, 0.05) is 30.3 Å². The van der Waals surface area contributed by atoms with Gasteiger partial charge in [0.15, 0.2) is 6.39 Å². The van der Waals surface area contributed by atoms with E-state index in [1.54, 1.807) is 35.9 Å². The summed E-state index contributed by atoms with van der Waals surface area (Å²) in [6, 6.07) is 2.16. The maximum absolute atomic E-state index is 11.5. The van der Waals surface area contributed by atoms with Gasteiger partial charge in [-0.1, -0.05) is 0 Å². The van der Waals surface area contributed by atoms with Gasteiger partial charge in [0.25, 0.3) is 0 Å². The fraction of sp³-hybridized carbons (Fsp3) is 0.267. The van der Waals surface area contributed by atoms with E-state index in [1.807, 2.05) is 10.3 Å². The molecule has 0 N–H and O–H groups in total. The van der Waals surface area contributed by atoms with Crippen LogP contribution >= 0.6 is 22.7 Å². The topological polar surface area (TPSA) is 59.2 Å². The van der Waals surface area contributed by atoms with Crippen LogP contribution in [0, 0.1) is 0 Å². The highest BCUT2D eigenvalue weighted by Gasteiger charge is 2.22. The molecule has 5 nitrogen and oxygen atoms in total. The summed E-state index contributed by atoms with van der Waals surface area (Å²) in [7, 11) is 0. The van der Waals surface area contributed by atoms with E-state index in [9.17, 15) is 4.79 Å². The van der Waals surface area contributed by atoms with Gasteiger partial charge in [0.05, 0.1) is 10.6 Å². The number of hydrogen-bond donors (Lipinski definition) is 0. The Morgan fingerprint density at radius 3 is 3.09 bits per heavy atom. The van der Waals surface area contributed by atoms with Crippen LogP contribution in [-0.4, -0.2) is 27.3 Å². The van der Waals surface area contributed by atoms with Crippen LogP contribution in [0.25, 0.3) is 21.3 Å². The number of thiophene rings is 1. The standard InChI is InChI=1S/C15H13N3O2S2/c1-9(19)18-3-2-13-10(5-18)4-14(22-13)12-7-21-15(17-12)11-6-20-8-16-11/h4,6-8H,2-3,5H2,1H3. The molecule has 112 valence electrons. The van der Waals surface area contributed by atoms with Crippen molar-refractivity contribution in [1.29, 1.82) is 0 Å². The lowest BCUT2D eigenvalue weighted by Crippen LogP contribution is -2.33. The molecule has 0 unspecified atom stereocenters. The van der Waals surface area contributed by atoms with Gasteiger partial charge in [0.1, 0.15) is 17.0 Å². The summed E-state index contributed by atoms with van der Waals surface area (Å²) in [5, 5.41) is 2.91. The molecule has 1 aliphatic rings. The molecule has 1 amide bonds. The first-order chi connectivity index (χ1) is 10.7. The third-order valence-corrected chi connectivity index (χ3v) is 5.84. The second kappa shape index (κ2) is 5.33. The van der Waals surface area contributed by atoms with Gasteiger partial charge >= 0.3 is 0 Å². The van der Waals surface area contributed by atoms with Gasteiger partial charge in [-0.3, -0.25) is 4.79 Å². The highest BCUT2D eigenvalue weighted by molar-refractivity contribution is 7.17. The Morgan fingerprint density at radius 2 is 2.32 bits per heavy atom. The predicted molar refractivity (Wildman–Crippen MR) is 85.7 cm³/mol. The minimum Gasteiger partial charge on any atom is -0.451 e. The molecule has 0 aliphatic carbocycles. The summed E-state index contributed by atoms with van der Waals surface area (Å²) < 4.78 is 5.01. The van der Waals surface area contributed by atoms with E-state index in [1.165, 1.54) is 16.8 Å². The number of rotatable bonds is 2. The molecule has 0 spiro atoms. The van der Waals surface area contributed by atoms with Gasteiger partial charge in [-0.15, -0.1) is 22.7 Å². The monoisotopic (exact) mass is 331 g/mol. The number of nitrogens with zero attached hydrogens (tertiary/aromatic N) is 3. The minimum atomic E-state index is 0.139. The second-order valence-electron chi connectivity index (χ2n) is 5.16. The van der Waals surface area contributed by atoms with Crippen molar-refractivity contribution in [2.75, 3.05) is 6.54 Å². The summed E-state index contributed by atoms with van der Waals surface area (Å²) >= 11 is 3.34. The molecule has 4 heterocycles. The first kappa shape index (κ1) is 13.7. The van der Waals surface area contributed by atoms with Gasteiger partial charge in [-0.2, -0.15) is 0 Å². The Labute approximate surface area is 135 Å². The molecular weight excluding hydrogens is 318 g/mol. The van der Waals surface area contributed by atoms with E-state index in [0.717, 1.165) is 34.2 Å². The van der Waals surface area contributed by atoms with Gasteiger partial charge in [-0.05, 0) is 18.1 Å². The van der Waals surface area contributed by atoms with Crippen LogP contribution in [0.2, 0.25) is 0 Å². The quantitative estimate of drug-likeness (QED) is 0.722. The largest absolute Gasteiger partial charge is 0.451 e. The molecule has 4 rings (SSSR count). The van der Waals surface area contributed by atoms with Crippen molar-refractivity contribution in [2.45, 2.75) is 19.9 Å². The zero-order chi connectivity index (χ0) is 15.1. The van der Waals surface area contributed by atoms with Crippen LogP contribution in [-0.2, 0) is 17.8 Å². The summed E-state index contributed by atoms with van der Waals surface area (Å²) in [4.78, 5) is 24.7. The molecule has 0 aromatic carbocycles. The lowest BCUT2D eigenvalue weighted by Gasteiger charge is -2.25. The molecule has 0 bridgehead atoms. The zero-order valence-corrected chi connectivity index (χ0v) is 13.5. The zero-order valence-electron chi connectivity index (χ0n) is 11.9. The fourth-order valence-corrected chi connectivity index (χ4v) is 4.52. The molecule has 0 atom stereocenters. The van der Waals surface area contributed by atoms with Crippen molar-refractivity contribution in [2.24, 2.45) is 0 Å². The lowest BCUT2D eigenvalue weighted by molar-refractivity contribution is -0.129. The predicted octanol–water partition coefficient (Wildman–Crippen LogP) is 3.43. The van der Waals surface area contributed by atoms with Crippen LogP contribution in [0.3, 0.4) is 0 Å². The van der Waals surface area contributed by atoms with E-state index in [2.05, 4.69) is 16.0 Å². The van der Waals surface area contributed by atoms with Crippen molar-refractivity contribution in [3.63, 3.8) is 0 Å². The molecule has 1 aliphatic heterocycles. The molecular formula is C15H13N3O2S2. The van der Waals surface area contributed by atoms with Gasteiger partial charge < -0.3 is 9.32 Å².